The van der Waals surface area contributed by atoms with Crippen LogP contribution in [0, 0.1) is 13.8 Å². The second kappa shape index (κ2) is 10.4. The SMILES string of the molecule is CCN(CC)c1ccc(C2/C(=C(/O)c3ccc(OC)c(C)c3)C(=O)C(=O)N2c2cc(C)ccc2O)cc1. The van der Waals surface area contributed by atoms with E-state index < -0.39 is 17.7 Å². The van der Waals surface area contributed by atoms with Gasteiger partial charge in [0.25, 0.3) is 11.7 Å². The molecule has 0 saturated carbocycles. The number of ketones is 1. The van der Waals surface area contributed by atoms with Crippen molar-refractivity contribution >= 4 is 28.8 Å². The van der Waals surface area contributed by atoms with E-state index in [0.29, 0.717) is 16.9 Å². The Morgan fingerprint density at radius 3 is 2.24 bits per heavy atom. The third-order valence-electron chi connectivity index (χ3n) is 6.84. The summed E-state index contributed by atoms with van der Waals surface area (Å²) >= 11 is 0. The molecule has 1 aliphatic rings. The molecule has 0 radical (unpaired) electrons. The van der Waals surface area contributed by atoms with Crippen molar-refractivity contribution in [3.63, 3.8) is 0 Å². The lowest BCUT2D eigenvalue weighted by Crippen LogP contribution is -2.29. The standard InChI is InChI=1S/C30H32N2O5/c1-6-31(7-2)22-12-9-20(10-13-22)27-26(28(34)21-11-15-25(37-5)19(4)17-21)29(35)30(36)32(27)23-16-18(3)8-14-24(23)33/h8-17,27,33-34H,6-7H2,1-5H3/b28-26-. The van der Waals surface area contributed by atoms with E-state index in [1.807, 2.05) is 38.1 Å². The van der Waals surface area contributed by atoms with Crippen LogP contribution >= 0.6 is 0 Å². The number of phenols is 1. The number of Topliss-reactive ketones (excluding diaryl/α,β-unsaturated/α-hetero) is 1. The largest absolute Gasteiger partial charge is 0.507 e. The van der Waals surface area contributed by atoms with Crippen molar-refractivity contribution < 1.29 is 24.5 Å². The van der Waals surface area contributed by atoms with Crippen LogP contribution in [0.1, 0.15) is 42.1 Å². The smallest absolute Gasteiger partial charge is 0.300 e. The predicted octanol–water partition coefficient (Wildman–Crippen LogP) is 5.49. The highest BCUT2D eigenvalue weighted by molar-refractivity contribution is 6.52. The van der Waals surface area contributed by atoms with Gasteiger partial charge < -0.3 is 19.8 Å². The molecule has 1 atom stereocenters. The monoisotopic (exact) mass is 500 g/mol. The highest BCUT2D eigenvalue weighted by Gasteiger charge is 2.47. The molecule has 1 unspecified atom stereocenters. The zero-order chi connectivity index (χ0) is 26.9. The van der Waals surface area contributed by atoms with Crippen molar-refractivity contribution in [2.24, 2.45) is 0 Å². The Bertz CT molecular complexity index is 1370. The summed E-state index contributed by atoms with van der Waals surface area (Å²) < 4.78 is 5.32. The molecule has 0 aromatic heterocycles. The molecule has 0 spiro atoms. The molecule has 1 aliphatic heterocycles. The van der Waals surface area contributed by atoms with Gasteiger partial charge in [-0.25, -0.2) is 0 Å². The summed E-state index contributed by atoms with van der Waals surface area (Å²) in [5, 5.41) is 22.1. The first-order valence-corrected chi connectivity index (χ1v) is 12.3. The number of hydrogen-bond donors (Lipinski definition) is 2. The number of carbonyl (C=O) groups excluding carboxylic acids is 2. The van der Waals surface area contributed by atoms with Crippen LogP contribution in [0.15, 0.2) is 66.2 Å². The number of benzene rings is 3. The first-order chi connectivity index (χ1) is 17.7. The summed E-state index contributed by atoms with van der Waals surface area (Å²) in [6, 6.07) is 16.6. The molecule has 1 amide bonds. The van der Waals surface area contributed by atoms with Gasteiger partial charge in [0.05, 0.1) is 24.4 Å². The molecule has 3 aromatic rings. The van der Waals surface area contributed by atoms with Gasteiger partial charge in [0.15, 0.2) is 0 Å². The van der Waals surface area contributed by atoms with E-state index in [1.165, 1.54) is 11.0 Å². The molecular weight excluding hydrogens is 468 g/mol. The quantitative estimate of drug-likeness (QED) is 0.253. The Labute approximate surface area is 217 Å². The third kappa shape index (κ3) is 4.65. The number of rotatable bonds is 7. The number of methoxy groups -OCH3 is 1. The summed E-state index contributed by atoms with van der Waals surface area (Å²) in [6.07, 6.45) is 0. The maximum absolute atomic E-state index is 13.4. The van der Waals surface area contributed by atoms with Crippen molar-refractivity contribution in [1.29, 1.82) is 0 Å². The minimum absolute atomic E-state index is 0.0361. The van der Waals surface area contributed by atoms with Gasteiger partial charge in [0, 0.05) is 24.3 Å². The molecule has 3 aromatic carbocycles. The molecule has 2 N–H and O–H groups in total. The van der Waals surface area contributed by atoms with Crippen LogP contribution < -0.4 is 14.5 Å². The fourth-order valence-electron chi connectivity index (χ4n) is 4.86. The number of ether oxygens (including phenoxy) is 1. The average molecular weight is 501 g/mol. The minimum atomic E-state index is -0.930. The van der Waals surface area contributed by atoms with Crippen molar-refractivity contribution in [1.82, 2.24) is 0 Å². The van der Waals surface area contributed by atoms with Crippen molar-refractivity contribution in [3.05, 3.63) is 88.5 Å². The van der Waals surface area contributed by atoms with Gasteiger partial charge in [-0.1, -0.05) is 18.2 Å². The van der Waals surface area contributed by atoms with Crippen LogP contribution in [-0.2, 0) is 9.59 Å². The Hall–Kier alpha value is -4.26. The number of carbonyl (C=O) groups is 2. The van der Waals surface area contributed by atoms with Crippen molar-refractivity contribution in [2.75, 3.05) is 30.0 Å². The van der Waals surface area contributed by atoms with E-state index >= 15 is 0 Å². The second-order valence-electron chi connectivity index (χ2n) is 9.11. The Morgan fingerprint density at radius 2 is 1.65 bits per heavy atom. The molecule has 1 fully saturated rings. The molecule has 0 bridgehead atoms. The number of aromatic hydroxyl groups is 1. The van der Waals surface area contributed by atoms with Gasteiger partial charge in [-0.05, 0) is 86.8 Å². The summed E-state index contributed by atoms with van der Waals surface area (Å²) in [5.41, 5.74) is 3.82. The first kappa shape index (κ1) is 25.8. The zero-order valence-corrected chi connectivity index (χ0v) is 21.8. The van der Waals surface area contributed by atoms with Crippen LogP contribution in [0.5, 0.6) is 11.5 Å². The van der Waals surface area contributed by atoms with Gasteiger partial charge in [-0.3, -0.25) is 14.5 Å². The van der Waals surface area contributed by atoms with Gasteiger partial charge >= 0.3 is 0 Å². The number of aliphatic hydroxyl groups excluding tert-OH is 1. The van der Waals surface area contributed by atoms with Crippen LogP contribution in [0.3, 0.4) is 0 Å². The average Bonchev–Trinajstić information content (AvgIpc) is 3.16. The van der Waals surface area contributed by atoms with E-state index in [9.17, 15) is 19.8 Å². The molecule has 37 heavy (non-hydrogen) atoms. The first-order valence-electron chi connectivity index (χ1n) is 12.3. The van der Waals surface area contributed by atoms with Gasteiger partial charge in [-0.2, -0.15) is 0 Å². The Balaban J connectivity index is 1.93. The van der Waals surface area contributed by atoms with E-state index in [-0.39, 0.29) is 22.8 Å². The number of aryl methyl sites for hydroxylation is 2. The highest BCUT2D eigenvalue weighted by Crippen LogP contribution is 2.45. The molecule has 7 nitrogen and oxygen atoms in total. The zero-order valence-electron chi connectivity index (χ0n) is 21.8. The Kier molecular flexibility index (Phi) is 7.25. The molecular formula is C30H32N2O5. The summed E-state index contributed by atoms with van der Waals surface area (Å²) in [7, 11) is 1.56. The summed E-state index contributed by atoms with van der Waals surface area (Å²) in [5.74, 6) is -1.39. The van der Waals surface area contributed by atoms with Crippen LogP contribution in [0.4, 0.5) is 11.4 Å². The number of anilines is 2. The van der Waals surface area contributed by atoms with Crippen molar-refractivity contribution in [3.8, 4) is 11.5 Å². The minimum Gasteiger partial charge on any atom is -0.507 e. The van der Waals surface area contributed by atoms with Crippen LogP contribution in [-0.4, -0.2) is 42.1 Å². The van der Waals surface area contributed by atoms with Crippen molar-refractivity contribution in [2.45, 2.75) is 33.7 Å². The molecule has 0 aliphatic carbocycles. The lowest BCUT2D eigenvalue weighted by molar-refractivity contribution is -0.132. The predicted molar refractivity (Wildman–Crippen MR) is 145 cm³/mol. The maximum atomic E-state index is 13.4. The number of amides is 1. The van der Waals surface area contributed by atoms with Gasteiger partial charge in [0.1, 0.15) is 17.3 Å². The molecule has 1 saturated heterocycles. The molecule has 7 heteroatoms. The fraction of sp³-hybridized carbons (Fsp3) is 0.267. The van der Waals surface area contributed by atoms with Crippen LogP contribution in [0.25, 0.3) is 5.76 Å². The second-order valence-corrected chi connectivity index (χ2v) is 9.11. The lowest BCUT2D eigenvalue weighted by atomic mass is 9.94. The van der Waals surface area contributed by atoms with E-state index in [1.54, 1.807) is 37.4 Å². The van der Waals surface area contributed by atoms with E-state index in [0.717, 1.165) is 29.9 Å². The topological polar surface area (TPSA) is 90.3 Å². The number of phenolic OH excluding ortho intramolecular Hbond substituents is 1. The van der Waals surface area contributed by atoms with Gasteiger partial charge in [-0.15, -0.1) is 0 Å². The maximum Gasteiger partial charge on any atom is 0.300 e. The molecule has 192 valence electrons. The highest BCUT2D eigenvalue weighted by atomic mass is 16.5. The van der Waals surface area contributed by atoms with Crippen LogP contribution in [0.2, 0.25) is 0 Å². The number of aliphatic hydroxyl groups is 1. The fourth-order valence-corrected chi connectivity index (χ4v) is 4.86. The molecule has 1 heterocycles. The number of hydrogen-bond acceptors (Lipinski definition) is 6. The molecule has 4 rings (SSSR count). The summed E-state index contributed by atoms with van der Waals surface area (Å²) in [4.78, 5) is 30.3. The summed E-state index contributed by atoms with van der Waals surface area (Å²) in [6.45, 7) is 9.49. The van der Waals surface area contributed by atoms with Gasteiger partial charge in [0.2, 0.25) is 0 Å². The van der Waals surface area contributed by atoms with E-state index in [2.05, 4.69) is 18.7 Å². The Morgan fingerprint density at radius 1 is 0.973 bits per heavy atom. The number of nitrogens with zero attached hydrogens (tertiary/aromatic N) is 2. The lowest BCUT2D eigenvalue weighted by Gasteiger charge is -2.27. The normalized spacial score (nSPS) is 16.8. The third-order valence-corrected chi connectivity index (χ3v) is 6.84. The van der Waals surface area contributed by atoms with E-state index in [4.69, 9.17) is 4.74 Å².